The van der Waals surface area contributed by atoms with Crippen molar-refractivity contribution in [3.05, 3.63) is 42.6 Å². The second-order valence-electron chi connectivity index (χ2n) is 3.51. The second kappa shape index (κ2) is 3.34. The van der Waals surface area contributed by atoms with Crippen molar-refractivity contribution < 1.29 is 4.52 Å². The van der Waals surface area contributed by atoms with Gasteiger partial charge in [-0.2, -0.15) is 0 Å². The highest BCUT2D eigenvalue weighted by Gasteiger charge is 2.07. The Bertz CT molecular complexity index is 631. The third-order valence-corrected chi connectivity index (χ3v) is 2.46. The fraction of sp³-hybridized carbons (Fsp3) is 0. The first-order valence-corrected chi connectivity index (χ1v) is 4.91. The molecule has 3 rings (SSSR count). The van der Waals surface area contributed by atoms with Gasteiger partial charge in [0.1, 0.15) is 0 Å². The van der Waals surface area contributed by atoms with E-state index in [1.807, 2.05) is 36.4 Å². The Kier molecular flexibility index (Phi) is 1.86. The molecule has 0 aliphatic carbocycles. The third-order valence-electron chi connectivity index (χ3n) is 2.46. The van der Waals surface area contributed by atoms with E-state index in [-0.39, 0.29) is 0 Å². The van der Waals surface area contributed by atoms with Gasteiger partial charge in [-0.1, -0.05) is 35.5 Å². The van der Waals surface area contributed by atoms with Crippen molar-refractivity contribution in [2.45, 2.75) is 0 Å². The lowest BCUT2D eigenvalue weighted by Crippen LogP contribution is -1.85. The summed E-state index contributed by atoms with van der Waals surface area (Å²) in [4.78, 5) is 4.17. The third kappa shape index (κ3) is 1.32. The van der Waals surface area contributed by atoms with Crippen LogP contribution in [0.4, 0.5) is 5.82 Å². The van der Waals surface area contributed by atoms with Crippen molar-refractivity contribution in [3.63, 3.8) is 0 Å². The average Bonchev–Trinajstić information content (AvgIpc) is 2.72. The molecule has 1 aromatic carbocycles. The summed E-state index contributed by atoms with van der Waals surface area (Å²) in [7, 11) is 0. The zero-order valence-corrected chi connectivity index (χ0v) is 8.42. The molecular formula is C12H9N3O. The second-order valence-corrected chi connectivity index (χ2v) is 3.51. The Labute approximate surface area is 91.7 Å². The summed E-state index contributed by atoms with van der Waals surface area (Å²) in [5.74, 6) is 0.375. The van der Waals surface area contributed by atoms with Gasteiger partial charge >= 0.3 is 0 Å². The lowest BCUT2D eigenvalue weighted by molar-refractivity contribution is 0.452. The number of nitrogens with two attached hydrogens (primary N) is 1. The first-order chi connectivity index (χ1) is 7.84. The van der Waals surface area contributed by atoms with Crippen LogP contribution in [-0.4, -0.2) is 10.1 Å². The molecular weight excluding hydrogens is 202 g/mol. The van der Waals surface area contributed by atoms with Crippen LogP contribution in [0.2, 0.25) is 0 Å². The number of rotatable bonds is 1. The van der Waals surface area contributed by atoms with Gasteiger partial charge in [0.15, 0.2) is 5.82 Å². The molecule has 78 valence electrons. The quantitative estimate of drug-likeness (QED) is 0.671. The summed E-state index contributed by atoms with van der Waals surface area (Å²) in [5, 5.41) is 4.42. The molecule has 4 nitrogen and oxygen atoms in total. The Balaban J connectivity index is 2.22. The van der Waals surface area contributed by atoms with Gasteiger partial charge in [0, 0.05) is 11.8 Å². The maximum atomic E-state index is 5.68. The number of hydrogen-bond donors (Lipinski definition) is 1. The largest absolute Gasteiger partial charge is 0.380 e. The van der Waals surface area contributed by atoms with Gasteiger partial charge in [0.2, 0.25) is 0 Å². The molecule has 0 saturated carbocycles. The molecule has 0 fully saturated rings. The summed E-state index contributed by atoms with van der Waals surface area (Å²) in [6.45, 7) is 0. The molecule has 3 aromatic rings. The van der Waals surface area contributed by atoms with Crippen LogP contribution in [0.15, 0.2) is 47.1 Å². The van der Waals surface area contributed by atoms with Crippen LogP contribution >= 0.6 is 0 Å². The minimum absolute atomic E-state index is 0.375. The van der Waals surface area contributed by atoms with E-state index in [0.717, 1.165) is 16.5 Å². The molecule has 0 aliphatic rings. The Morgan fingerprint density at radius 2 is 1.88 bits per heavy atom. The fourth-order valence-electron chi connectivity index (χ4n) is 1.64. The maximum Gasteiger partial charge on any atom is 0.259 e. The van der Waals surface area contributed by atoms with E-state index in [4.69, 9.17) is 10.3 Å². The van der Waals surface area contributed by atoms with Crippen molar-refractivity contribution >= 4 is 16.9 Å². The molecule has 2 heterocycles. The van der Waals surface area contributed by atoms with E-state index < -0.39 is 0 Å². The molecule has 2 aromatic heterocycles. The monoisotopic (exact) mass is 211 g/mol. The summed E-state index contributed by atoms with van der Waals surface area (Å²) in [6.07, 6.45) is 1.75. The summed E-state index contributed by atoms with van der Waals surface area (Å²) < 4.78 is 4.95. The highest BCUT2D eigenvalue weighted by molar-refractivity contribution is 5.87. The fourth-order valence-corrected chi connectivity index (χ4v) is 1.64. The first kappa shape index (κ1) is 8.91. The van der Waals surface area contributed by atoms with Crippen LogP contribution in [0.1, 0.15) is 0 Å². The molecule has 4 heteroatoms. The number of fused-ring (bicyclic) bond motifs is 1. The predicted octanol–water partition coefficient (Wildman–Crippen LogP) is 2.47. The van der Waals surface area contributed by atoms with E-state index in [1.54, 1.807) is 6.20 Å². The van der Waals surface area contributed by atoms with Crippen LogP contribution in [0.25, 0.3) is 22.2 Å². The molecule has 0 saturated heterocycles. The first-order valence-electron chi connectivity index (χ1n) is 4.91. The van der Waals surface area contributed by atoms with Crippen molar-refractivity contribution in [1.82, 2.24) is 10.1 Å². The van der Waals surface area contributed by atoms with Gasteiger partial charge in [-0.15, -0.1) is 0 Å². The number of aromatic nitrogens is 2. The number of benzene rings is 1. The zero-order valence-electron chi connectivity index (χ0n) is 8.42. The number of pyridine rings is 1. The molecule has 2 N–H and O–H groups in total. The summed E-state index contributed by atoms with van der Waals surface area (Å²) in [5.41, 5.74) is 8.25. The van der Waals surface area contributed by atoms with Gasteiger partial charge < -0.3 is 10.3 Å². The van der Waals surface area contributed by atoms with Crippen molar-refractivity contribution in [3.8, 4) is 11.1 Å². The maximum absolute atomic E-state index is 5.68. The van der Waals surface area contributed by atoms with Crippen LogP contribution in [-0.2, 0) is 0 Å². The van der Waals surface area contributed by atoms with Crippen molar-refractivity contribution in [2.75, 3.05) is 5.73 Å². The van der Waals surface area contributed by atoms with Crippen LogP contribution in [0.3, 0.4) is 0 Å². The van der Waals surface area contributed by atoms with Crippen molar-refractivity contribution in [1.29, 1.82) is 0 Å². The normalized spacial score (nSPS) is 10.8. The number of nitrogens with zero attached hydrogens (tertiary/aromatic N) is 2. The van der Waals surface area contributed by atoms with Crippen LogP contribution < -0.4 is 5.73 Å². The van der Waals surface area contributed by atoms with Gasteiger partial charge in [0.25, 0.3) is 5.71 Å². The smallest absolute Gasteiger partial charge is 0.259 e. The standard InChI is InChI=1S/C12H9N3O/c13-11-10-6-9(7-14-12(10)16-15-11)8-4-2-1-3-5-8/h1-7H,(H2,13,15). The van der Waals surface area contributed by atoms with Crippen LogP contribution in [0, 0.1) is 0 Å². The lowest BCUT2D eigenvalue weighted by atomic mass is 10.1. The SMILES string of the molecule is Nc1noc2ncc(-c3ccccc3)cc12. The minimum Gasteiger partial charge on any atom is -0.380 e. The molecule has 0 bridgehead atoms. The van der Waals surface area contributed by atoms with E-state index >= 15 is 0 Å². The Morgan fingerprint density at radius 3 is 2.69 bits per heavy atom. The number of hydrogen-bond acceptors (Lipinski definition) is 4. The molecule has 0 unspecified atom stereocenters. The molecule has 0 amide bonds. The van der Waals surface area contributed by atoms with Gasteiger partial charge in [-0.25, -0.2) is 4.98 Å². The number of nitrogen functional groups attached to an aromatic ring is 1. The highest BCUT2D eigenvalue weighted by atomic mass is 16.5. The number of anilines is 1. The molecule has 16 heavy (non-hydrogen) atoms. The molecule has 0 spiro atoms. The lowest BCUT2D eigenvalue weighted by Gasteiger charge is -1.99. The highest BCUT2D eigenvalue weighted by Crippen LogP contribution is 2.25. The van der Waals surface area contributed by atoms with E-state index in [9.17, 15) is 0 Å². The van der Waals surface area contributed by atoms with Gasteiger partial charge in [0.05, 0.1) is 5.39 Å². The predicted molar refractivity (Wildman–Crippen MR) is 61.7 cm³/mol. The molecule has 0 aliphatic heterocycles. The summed E-state index contributed by atoms with van der Waals surface area (Å²) >= 11 is 0. The molecule has 0 radical (unpaired) electrons. The van der Waals surface area contributed by atoms with Gasteiger partial charge in [-0.05, 0) is 11.6 Å². The zero-order chi connectivity index (χ0) is 11.0. The van der Waals surface area contributed by atoms with E-state index in [1.165, 1.54) is 0 Å². The Morgan fingerprint density at radius 1 is 1.06 bits per heavy atom. The summed E-state index contributed by atoms with van der Waals surface area (Å²) in [6, 6.07) is 11.9. The average molecular weight is 211 g/mol. The van der Waals surface area contributed by atoms with E-state index in [2.05, 4.69) is 10.1 Å². The van der Waals surface area contributed by atoms with Crippen LogP contribution in [0.5, 0.6) is 0 Å². The Hall–Kier alpha value is -2.36. The molecule has 0 atom stereocenters. The topological polar surface area (TPSA) is 64.9 Å². The van der Waals surface area contributed by atoms with Crippen molar-refractivity contribution in [2.24, 2.45) is 0 Å². The van der Waals surface area contributed by atoms with E-state index in [0.29, 0.717) is 11.5 Å². The van der Waals surface area contributed by atoms with Gasteiger partial charge in [-0.3, -0.25) is 0 Å². The minimum atomic E-state index is 0.375.